The molecule has 0 saturated carbocycles. The van der Waals surface area contributed by atoms with Crippen LogP contribution in [0.1, 0.15) is 0 Å². The second kappa shape index (κ2) is 25.3. The molecule has 0 aromatic rings. The maximum absolute atomic E-state index is 0. The van der Waals surface area contributed by atoms with Gasteiger partial charge in [-0.1, -0.05) is 0 Å². The highest BCUT2D eigenvalue weighted by Crippen LogP contribution is 0.862. The fourth-order valence-corrected chi connectivity index (χ4v) is 0. The first-order chi connectivity index (χ1) is 0. The number of hydrogen-bond donors (Lipinski definition) is 0. The van der Waals surface area contributed by atoms with Crippen LogP contribution >= 0.6 is 19.8 Å². The largest absolute Gasteiger partial charge is 1.00 e. The van der Waals surface area contributed by atoms with Crippen LogP contribution in [-0.2, 0) is 0 Å². The average molecular weight is 141 g/mol. The summed E-state index contributed by atoms with van der Waals surface area (Å²) in [6.45, 7) is 0. The van der Waals surface area contributed by atoms with Gasteiger partial charge in [0.25, 0.3) is 0 Å². The van der Waals surface area contributed by atoms with Gasteiger partial charge in [-0.25, -0.2) is 0 Å². The van der Waals surface area contributed by atoms with Gasteiger partial charge in [-0.15, -0.1) is 0 Å². The van der Waals surface area contributed by atoms with Gasteiger partial charge in [-0.3, -0.25) is 0 Å². The zero-order valence-corrected chi connectivity index (χ0v) is 8.27. The van der Waals surface area contributed by atoms with E-state index in [0.717, 1.165) is 0 Å². The Kier molecular flexibility index (Phi) is 328. The molecule has 0 rings (SSSR count). The van der Waals surface area contributed by atoms with Crippen LogP contribution in [0, 0.1) is 0 Å². The predicted octanol–water partition coefficient (Wildman–Crippen LogP) is -6.41. The van der Waals surface area contributed by atoms with Crippen molar-refractivity contribution >= 4 is 19.8 Å². The van der Waals surface area contributed by atoms with E-state index in [-0.39, 0.29) is 44.6 Å². The van der Waals surface area contributed by atoms with E-state index in [1.807, 2.05) is 0 Å². The van der Waals surface area contributed by atoms with E-state index >= 15 is 0 Å². The van der Waals surface area contributed by atoms with Crippen LogP contribution in [-0.4, -0.2) is 0 Å². The molecule has 0 N–H and O–H groups in total. The zero-order valence-electron chi connectivity index (χ0n) is 2.76. The van der Waals surface area contributed by atoms with Crippen LogP contribution in [0.4, 0.5) is 0 Å². The van der Waals surface area contributed by atoms with E-state index in [4.69, 9.17) is 0 Å². The molecule has 0 aromatic carbocycles. The van der Waals surface area contributed by atoms with Crippen molar-refractivity contribution in [1.82, 2.24) is 0 Å². The van der Waals surface area contributed by atoms with E-state index in [0.29, 0.717) is 0 Å². The topological polar surface area (TPSA) is 0 Å². The summed E-state index contributed by atoms with van der Waals surface area (Å²) in [5.41, 5.74) is 0. The van der Waals surface area contributed by atoms with Gasteiger partial charge in [0.1, 0.15) is 0 Å². The SMILES string of the molecule is [Cl-].[Cl-].[PH4+].[PH4+]. The molecule has 4 heteroatoms. The fourth-order valence-electron chi connectivity index (χ4n) is 0. The monoisotopic (exact) mass is 140 g/mol. The molecule has 0 aliphatic carbocycles. The first-order valence-corrected chi connectivity index (χ1v) is 0. The van der Waals surface area contributed by atoms with Crippen LogP contribution in [0.5, 0.6) is 0 Å². The highest BCUT2D eigenvalue weighted by molar-refractivity contribution is 6.92. The third-order valence-electron chi connectivity index (χ3n) is 0. The molecule has 0 fully saturated rings. The molecule has 2 unspecified atom stereocenters. The van der Waals surface area contributed by atoms with Gasteiger partial charge in [0.05, 0.1) is 0 Å². The standard InChI is InChI=1S/2ClH.2H3P/h2*1H;2*1H3. The van der Waals surface area contributed by atoms with Crippen molar-refractivity contribution in [3.63, 3.8) is 0 Å². The van der Waals surface area contributed by atoms with E-state index in [1.165, 1.54) is 0 Å². The summed E-state index contributed by atoms with van der Waals surface area (Å²) >= 11 is 0. The van der Waals surface area contributed by atoms with Crippen molar-refractivity contribution < 1.29 is 24.8 Å². The summed E-state index contributed by atoms with van der Waals surface area (Å²) < 4.78 is 0. The molecule has 0 aliphatic heterocycles. The minimum absolute atomic E-state index is 0. The molecule has 0 aliphatic rings. The quantitative estimate of drug-likeness (QED) is 0.294. The summed E-state index contributed by atoms with van der Waals surface area (Å²) in [5.74, 6) is 0. The van der Waals surface area contributed by atoms with Crippen molar-refractivity contribution in [2.24, 2.45) is 0 Å². The Bertz CT molecular complexity index is 4.00. The lowest BCUT2D eigenvalue weighted by atomic mass is 31.0. The lowest BCUT2D eigenvalue weighted by Crippen LogP contribution is -3.00. The van der Waals surface area contributed by atoms with Crippen LogP contribution in [0.15, 0.2) is 0 Å². The maximum atomic E-state index is 0. The molecule has 0 radical (unpaired) electrons. The molecule has 0 amide bonds. The zero-order chi connectivity index (χ0) is 0. The Labute approximate surface area is 45.2 Å². The van der Waals surface area contributed by atoms with E-state index in [2.05, 4.69) is 0 Å². The summed E-state index contributed by atoms with van der Waals surface area (Å²) in [6, 6.07) is 0. The smallest absolute Gasteiger partial charge is 0.0395 e. The molecule has 0 nitrogen and oxygen atoms in total. The van der Waals surface area contributed by atoms with Gasteiger partial charge in [-0.2, -0.15) is 0 Å². The predicted molar refractivity (Wildman–Crippen MR) is 25.0 cm³/mol. The molecule has 4 heavy (non-hydrogen) atoms. The molecular formula is H8Cl2P2. The van der Waals surface area contributed by atoms with Gasteiger partial charge in [0.15, 0.2) is 0 Å². The van der Waals surface area contributed by atoms with Crippen molar-refractivity contribution in [2.75, 3.05) is 0 Å². The van der Waals surface area contributed by atoms with Crippen LogP contribution in [0.2, 0.25) is 0 Å². The maximum Gasteiger partial charge on any atom is -0.0395 e. The minimum atomic E-state index is 0. The highest BCUT2D eigenvalue weighted by Gasteiger charge is -0.0385. The van der Waals surface area contributed by atoms with Crippen molar-refractivity contribution in [3.05, 3.63) is 0 Å². The van der Waals surface area contributed by atoms with Crippen LogP contribution in [0.3, 0.4) is 0 Å². The van der Waals surface area contributed by atoms with Crippen molar-refractivity contribution in [3.8, 4) is 0 Å². The van der Waals surface area contributed by atoms with Crippen LogP contribution in [0.25, 0.3) is 0 Å². The third-order valence-corrected chi connectivity index (χ3v) is 0. The Morgan fingerprint density at radius 1 is 0.500 bits per heavy atom. The molecule has 32 valence electrons. The van der Waals surface area contributed by atoms with Gasteiger partial charge in [-0.05, 0) is 19.8 Å². The first kappa shape index (κ1) is 51.7. The second-order valence-electron chi connectivity index (χ2n) is 0. The Balaban J connectivity index is 0. The molecule has 0 heterocycles. The number of halogens is 2. The van der Waals surface area contributed by atoms with Gasteiger partial charge < -0.3 is 24.8 Å². The molecule has 2 atom stereocenters. The average Bonchev–Trinajstić information content (AvgIpc) is 0. The molecule has 0 bridgehead atoms. The molecule has 0 aromatic heterocycles. The Morgan fingerprint density at radius 3 is 0.500 bits per heavy atom. The molecule has 0 saturated heterocycles. The molecule has 0 spiro atoms. The number of rotatable bonds is 0. The van der Waals surface area contributed by atoms with Crippen molar-refractivity contribution in [2.45, 2.75) is 0 Å². The van der Waals surface area contributed by atoms with E-state index in [9.17, 15) is 0 Å². The summed E-state index contributed by atoms with van der Waals surface area (Å²) in [4.78, 5) is 0. The van der Waals surface area contributed by atoms with Gasteiger partial charge in [0.2, 0.25) is 0 Å². The summed E-state index contributed by atoms with van der Waals surface area (Å²) in [6.07, 6.45) is 0. The lowest BCUT2D eigenvalue weighted by Gasteiger charge is -1.00. The first-order valence-electron chi connectivity index (χ1n) is 0. The summed E-state index contributed by atoms with van der Waals surface area (Å²) in [7, 11) is 0. The molecular weight excluding hydrogens is 133 g/mol. The van der Waals surface area contributed by atoms with E-state index in [1.54, 1.807) is 0 Å². The van der Waals surface area contributed by atoms with Gasteiger partial charge in [0, 0.05) is 0 Å². The third kappa shape index (κ3) is 9.88. The van der Waals surface area contributed by atoms with Crippen molar-refractivity contribution in [1.29, 1.82) is 0 Å². The van der Waals surface area contributed by atoms with Crippen LogP contribution < -0.4 is 24.8 Å². The van der Waals surface area contributed by atoms with E-state index < -0.39 is 0 Å². The second-order valence-corrected chi connectivity index (χ2v) is 0. The normalized spacial score (nSPS) is 0. The minimum Gasteiger partial charge on any atom is -1.00 e. The fraction of sp³-hybridized carbons (Fsp3) is 0. The Hall–Kier alpha value is 1.44. The van der Waals surface area contributed by atoms with Gasteiger partial charge >= 0.3 is 0 Å². The Morgan fingerprint density at radius 2 is 0.500 bits per heavy atom. The number of hydrogen-bond acceptors (Lipinski definition) is 0. The lowest BCUT2D eigenvalue weighted by molar-refractivity contribution is -0.001000. The summed E-state index contributed by atoms with van der Waals surface area (Å²) in [5, 5.41) is 0. The highest BCUT2D eigenvalue weighted by atomic mass is 35.5.